The van der Waals surface area contributed by atoms with Crippen LogP contribution in [0.3, 0.4) is 0 Å². The van der Waals surface area contributed by atoms with Gasteiger partial charge in [0.2, 0.25) is 0 Å². The number of thioether (sulfide) groups is 1. The molecular formula is C13H18FNOS. The van der Waals surface area contributed by atoms with Crippen molar-refractivity contribution in [3.8, 4) is 5.75 Å². The van der Waals surface area contributed by atoms with E-state index in [0.717, 1.165) is 12.1 Å². The maximum Gasteiger partial charge on any atom is 0.165 e. The van der Waals surface area contributed by atoms with Gasteiger partial charge < -0.3 is 10.1 Å². The Bertz CT molecular complexity index is 366. The first-order valence-electron chi connectivity index (χ1n) is 5.93. The molecule has 2 rings (SSSR count). The lowest BCUT2D eigenvalue weighted by Crippen LogP contribution is -2.32. The molecule has 1 aliphatic heterocycles. The fourth-order valence-corrected chi connectivity index (χ4v) is 3.09. The minimum Gasteiger partial charge on any atom is -0.494 e. The molecule has 1 aliphatic rings. The van der Waals surface area contributed by atoms with E-state index in [4.69, 9.17) is 4.74 Å². The van der Waals surface area contributed by atoms with E-state index >= 15 is 0 Å². The molecule has 17 heavy (non-hydrogen) atoms. The molecule has 1 saturated heterocycles. The molecule has 0 spiro atoms. The number of benzene rings is 1. The Morgan fingerprint density at radius 3 is 2.82 bits per heavy atom. The lowest BCUT2D eigenvalue weighted by atomic mass is 10.1. The molecule has 0 radical (unpaired) electrons. The van der Waals surface area contributed by atoms with Gasteiger partial charge in [-0.25, -0.2) is 4.39 Å². The van der Waals surface area contributed by atoms with Gasteiger partial charge in [-0.2, -0.15) is 11.8 Å². The normalized spacial score (nSPS) is 17.1. The second-order valence-corrected chi connectivity index (χ2v) is 5.46. The number of methoxy groups -OCH3 is 1. The molecule has 1 heterocycles. The molecule has 0 amide bonds. The maximum absolute atomic E-state index is 13.5. The molecule has 1 aromatic carbocycles. The van der Waals surface area contributed by atoms with E-state index in [0.29, 0.717) is 11.8 Å². The summed E-state index contributed by atoms with van der Waals surface area (Å²) in [6.45, 7) is 0.732. The molecule has 1 fully saturated rings. The SMILES string of the molecule is COc1ccc(CNC2CCSCC2)cc1F. The minimum absolute atomic E-state index is 0.286. The van der Waals surface area contributed by atoms with Crippen molar-refractivity contribution in [2.45, 2.75) is 25.4 Å². The lowest BCUT2D eigenvalue weighted by molar-refractivity contribution is 0.385. The van der Waals surface area contributed by atoms with Gasteiger partial charge >= 0.3 is 0 Å². The van der Waals surface area contributed by atoms with E-state index in [1.54, 1.807) is 12.1 Å². The van der Waals surface area contributed by atoms with Crippen molar-refractivity contribution in [1.82, 2.24) is 5.32 Å². The average molecular weight is 255 g/mol. The van der Waals surface area contributed by atoms with Gasteiger partial charge in [-0.1, -0.05) is 6.07 Å². The van der Waals surface area contributed by atoms with Crippen LogP contribution in [0, 0.1) is 5.82 Å². The third-order valence-corrected chi connectivity index (χ3v) is 4.08. The van der Waals surface area contributed by atoms with Gasteiger partial charge in [-0.15, -0.1) is 0 Å². The van der Waals surface area contributed by atoms with Crippen molar-refractivity contribution in [2.75, 3.05) is 18.6 Å². The first kappa shape index (κ1) is 12.7. The smallest absolute Gasteiger partial charge is 0.165 e. The summed E-state index contributed by atoms with van der Waals surface area (Å²) in [6, 6.07) is 5.72. The predicted octanol–water partition coefficient (Wildman–Crippen LogP) is 2.82. The van der Waals surface area contributed by atoms with Crippen LogP contribution in [0.15, 0.2) is 18.2 Å². The highest BCUT2D eigenvalue weighted by Crippen LogP contribution is 2.19. The molecule has 0 unspecified atom stereocenters. The van der Waals surface area contributed by atoms with Gasteiger partial charge in [-0.3, -0.25) is 0 Å². The summed E-state index contributed by atoms with van der Waals surface area (Å²) in [5, 5.41) is 3.48. The number of rotatable bonds is 4. The molecule has 4 heteroatoms. The Kier molecular flexibility index (Phi) is 4.68. The van der Waals surface area contributed by atoms with Gasteiger partial charge in [-0.05, 0) is 42.0 Å². The van der Waals surface area contributed by atoms with E-state index in [1.807, 2.05) is 17.8 Å². The molecule has 1 aromatic rings. The van der Waals surface area contributed by atoms with Crippen molar-refractivity contribution >= 4 is 11.8 Å². The van der Waals surface area contributed by atoms with Crippen LogP contribution in [0.1, 0.15) is 18.4 Å². The number of hydrogen-bond donors (Lipinski definition) is 1. The van der Waals surface area contributed by atoms with Gasteiger partial charge in [0.05, 0.1) is 7.11 Å². The van der Waals surface area contributed by atoms with Gasteiger partial charge in [0.25, 0.3) is 0 Å². The zero-order chi connectivity index (χ0) is 12.1. The highest BCUT2D eigenvalue weighted by molar-refractivity contribution is 7.99. The van der Waals surface area contributed by atoms with Gasteiger partial charge in [0.1, 0.15) is 0 Å². The Morgan fingerprint density at radius 1 is 1.41 bits per heavy atom. The largest absolute Gasteiger partial charge is 0.494 e. The molecule has 0 atom stereocenters. The molecular weight excluding hydrogens is 237 g/mol. The Balaban J connectivity index is 1.87. The van der Waals surface area contributed by atoms with E-state index in [9.17, 15) is 4.39 Å². The number of nitrogens with one attached hydrogen (secondary N) is 1. The van der Waals surface area contributed by atoms with Crippen molar-refractivity contribution < 1.29 is 9.13 Å². The quantitative estimate of drug-likeness (QED) is 0.894. The fraction of sp³-hybridized carbons (Fsp3) is 0.538. The van der Waals surface area contributed by atoms with Crippen LogP contribution >= 0.6 is 11.8 Å². The van der Waals surface area contributed by atoms with Crippen LogP contribution in [-0.2, 0) is 6.54 Å². The highest BCUT2D eigenvalue weighted by atomic mass is 32.2. The molecule has 0 aromatic heterocycles. The van der Waals surface area contributed by atoms with E-state index in [-0.39, 0.29) is 5.82 Å². The summed E-state index contributed by atoms with van der Waals surface area (Å²) >= 11 is 2.01. The van der Waals surface area contributed by atoms with Crippen LogP contribution in [0.25, 0.3) is 0 Å². The van der Waals surface area contributed by atoms with E-state index in [2.05, 4.69) is 5.32 Å². The predicted molar refractivity (Wildman–Crippen MR) is 70.1 cm³/mol. The molecule has 2 nitrogen and oxygen atoms in total. The molecule has 94 valence electrons. The zero-order valence-corrected chi connectivity index (χ0v) is 10.9. The number of ether oxygens (including phenoxy) is 1. The summed E-state index contributed by atoms with van der Waals surface area (Å²) in [6.07, 6.45) is 2.42. The van der Waals surface area contributed by atoms with Gasteiger partial charge in [0, 0.05) is 12.6 Å². The zero-order valence-electron chi connectivity index (χ0n) is 10.0. The van der Waals surface area contributed by atoms with Crippen LogP contribution in [0.4, 0.5) is 4.39 Å². The standard InChI is InChI=1S/C13H18FNOS/c1-16-13-3-2-10(8-12(13)14)9-15-11-4-6-17-7-5-11/h2-3,8,11,15H,4-7,9H2,1H3. The third-order valence-electron chi connectivity index (χ3n) is 3.03. The third kappa shape index (κ3) is 3.61. The first-order chi connectivity index (χ1) is 8.29. The Hall–Kier alpha value is -0.740. The number of halogens is 1. The van der Waals surface area contributed by atoms with Crippen molar-refractivity contribution in [3.05, 3.63) is 29.6 Å². The molecule has 0 bridgehead atoms. The summed E-state index contributed by atoms with van der Waals surface area (Å²) in [7, 11) is 1.48. The monoisotopic (exact) mass is 255 g/mol. The van der Waals surface area contributed by atoms with Crippen molar-refractivity contribution in [1.29, 1.82) is 0 Å². The fourth-order valence-electron chi connectivity index (χ4n) is 1.98. The van der Waals surface area contributed by atoms with Crippen molar-refractivity contribution in [3.63, 3.8) is 0 Å². The lowest BCUT2D eigenvalue weighted by Gasteiger charge is -2.22. The van der Waals surface area contributed by atoms with Crippen molar-refractivity contribution in [2.24, 2.45) is 0 Å². The van der Waals surface area contributed by atoms with Crippen LogP contribution in [0.5, 0.6) is 5.75 Å². The molecule has 0 aliphatic carbocycles. The van der Waals surface area contributed by atoms with E-state index in [1.165, 1.54) is 31.5 Å². The average Bonchev–Trinajstić information content (AvgIpc) is 2.38. The molecule has 0 saturated carbocycles. The summed E-state index contributed by atoms with van der Waals surface area (Å²) in [4.78, 5) is 0. The topological polar surface area (TPSA) is 21.3 Å². The number of hydrogen-bond acceptors (Lipinski definition) is 3. The van der Waals surface area contributed by atoms with Gasteiger partial charge in [0.15, 0.2) is 11.6 Å². The summed E-state index contributed by atoms with van der Waals surface area (Å²) < 4.78 is 18.4. The molecule has 1 N–H and O–H groups in total. The highest BCUT2D eigenvalue weighted by Gasteiger charge is 2.13. The summed E-state index contributed by atoms with van der Waals surface area (Å²) in [5.41, 5.74) is 0.974. The summed E-state index contributed by atoms with van der Waals surface area (Å²) in [5.74, 6) is 2.48. The maximum atomic E-state index is 13.5. The minimum atomic E-state index is -0.286. The Labute approximate surface area is 106 Å². The first-order valence-corrected chi connectivity index (χ1v) is 7.08. The van der Waals surface area contributed by atoms with Crippen LogP contribution in [0.2, 0.25) is 0 Å². The van der Waals surface area contributed by atoms with Crippen LogP contribution in [-0.4, -0.2) is 24.7 Å². The second-order valence-electron chi connectivity index (χ2n) is 4.24. The van der Waals surface area contributed by atoms with Crippen LogP contribution < -0.4 is 10.1 Å². The second kappa shape index (κ2) is 6.26. The van der Waals surface area contributed by atoms with E-state index < -0.39 is 0 Å². The Morgan fingerprint density at radius 2 is 2.18 bits per heavy atom.